The number of H-pyrrole nitrogens is 1. The maximum atomic E-state index is 14.3. The number of halogens is 4. The van der Waals surface area contributed by atoms with Gasteiger partial charge in [0.15, 0.2) is 17.5 Å². The van der Waals surface area contributed by atoms with Crippen molar-refractivity contribution in [2.24, 2.45) is 0 Å². The number of carbonyl (C=O) groups is 1. The number of amides is 1. The molecule has 2 N–H and O–H groups in total. The van der Waals surface area contributed by atoms with E-state index in [0.717, 1.165) is 25.0 Å². The molecule has 1 fully saturated rings. The summed E-state index contributed by atoms with van der Waals surface area (Å²) in [5, 5.41) is 3.21. The molecule has 1 saturated carbocycles. The lowest BCUT2D eigenvalue weighted by molar-refractivity contribution is 0.0949. The Labute approximate surface area is 161 Å². The topological polar surface area (TPSA) is 57.8 Å². The van der Waals surface area contributed by atoms with Gasteiger partial charge < -0.3 is 10.3 Å². The molecule has 1 aliphatic rings. The van der Waals surface area contributed by atoms with Gasteiger partial charge in [-0.15, -0.1) is 0 Å². The summed E-state index contributed by atoms with van der Waals surface area (Å²) in [7, 11) is 0. The molecule has 1 aliphatic carbocycles. The lowest BCUT2D eigenvalue weighted by Crippen LogP contribution is -2.26. The minimum atomic E-state index is -1.56. The molecule has 0 atom stereocenters. The Morgan fingerprint density at radius 3 is 2.55 bits per heavy atom. The van der Waals surface area contributed by atoms with Crippen LogP contribution >= 0.6 is 0 Å². The van der Waals surface area contributed by atoms with E-state index in [4.69, 9.17) is 0 Å². The second-order valence-corrected chi connectivity index (χ2v) is 7.04. The Bertz CT molecular complexity index is 1310. The summed E-state index contributed by atoms with van der Waals surface area (Å²) < 4.78 is 55.5. The van der Waals surface area contributed by atoms with Crippen LogP contribution in [0.3, 0.4) is 0 Å². The molecule has 146 valence electrons. The highest BCUT2D eigenvalue weighted by atomic mass is 19.2. The number of aromatic nitrogens is 2. The van der Waals surface area contributed by atoms with E-state index in [-0.39, 0.29) is 22.5 Å². The lowest BCUT2D eigenvalue weighted by atomic mass is 10.0. The van der Waals surface area contributed by atoms with Gasteiger partial charge in [0.05, 0.1) is 22.3 Å². The van der Waals surface area contributed by atoms with Crippen LogP contribution in [0, 0.1) is 23.3 Å². The van der Waals surface area contributed by atoms with Crippen molar-refractivity contribution in [3.05, 3.63) is 65.4 Å². The van der Waals surface area contributed by atoms with Gasteiger partial charge in [0, 0.05) is 28.6 Å². The van der Waals surface area contributed by atoms with E-state index >= 15 is 0 Å². The molecule has 0 saturated heterocycles. The van der Waals surface area contributed by atoms with Crippen LogP contribution in [0.25, 0.3) is 33.1 Å². The van der Waals surface area contributed by atoms with Crippen LogP contribution in [0.2, 0.25) is 0 Å². The molecule has 0 aliphatic heterocycles. The van der Waals surface area contributed by atoms with Gasteiger partial charge in [0.1, 0.15) is 5.82 Å². The van der Waals surface area contributed by atoms with E-state index in [9.17, 15) is 22.4 Å². The lowest BCUT2D eigenvalue weighted by Gasteiger charge is -2.09. The van der Waals surface area contributed by atoms with E-state index in [1.165, 1.54) is 24.4 Å². The van der Waals surface area contributed by atoms with Crippen molar-refractivity contribution in [3.8, 4) is 11.3 Å². The average Bonchev–Trinajstić information content (AvgIpc) is 3.42. The fraction of sp³-hybridized carbons (Fsp3) is 0.143. The minimum Gasteiger partial charge on any atom is -0.358 e. The van der Waals surface area contributed by atoms with Crippen molar-refractivity contribution in [1.29, 1.82) is 0 Å². The predicted molar refractivity (Wildman–Crippen MR) is 99.4 cm³/mol. The van der Waals surface area contributed by atoms with Gasteiger partial charge in [-0.2, -0.15) is 0 Å². The standard InChI is InChI=1S/C21H13F4N3O/c22-13-4-6-15-10(17(13)21(29)27-9-1-2-9)3-5-16(28-15)12-8-26-20-11(12)7-14(23)18(24)19(20)25/h3-9,26H,1-2H2,(H,27,29). The van der Waals surface area contributed by atoms with E-state index in [0.29, 0.717) is 22.2 Å². The average molecular weight is 399 g/mol. The number of pyridine rings is 1. The third-order valence-corrected chi connectivity index (χ3v) is 5.05. The van der Waals surface area contributed by atoms with E-state index in [2.05, 4.69) is 15.3 Å². The highest BCUT2D eigenvalue weighted by Gasteiger charge is 2.26. The fourth-order valence-electron chi connectivity index (χ4n) is 3.43. The summed E-state index contributed by atoms with van der Waals surface area (Å²) in [5.74, 6) is -5.33. The number of fused-ring (bicyclic) bond motifs is 2. The monoisotopic (exact) mass is 399 g/mol. The summed E-state index contributed by atoms with van der Waals surface area (Å²) in [5.41, 5.74) is 0.778. The molecule has 2 aromatic carbocycles. The van der Waals surface area contributed by atoms with Crippen molar-refractivity contribution in [3.63, 3.8) is 0 Å². The second kappa shape index (κ2) is 6.30. The number of nitrogens with zero attached hydrogens (tertiary/aromatic N) is 1. The molecular formula is C21H13F4N3O. The largest absolute Gasteiger partial charge is 0.358 e. The molecule has 4 nitrogen and oxygen atoms in total. The normalized spacial score (nSPS) is 13.9. The van der Waals surface area contributed by atoms with Crippen molar-refractivity contribution < 1.29 is 22.4 Å². The van der Waals surface area contributed by atoms with Gasteiger partial charge in [-0.1, -0.05) is 0 Å². The van der Waals surface area contributed by atoms with Crippen LogP contribution < -0.4 is 5.32 Å². The molecular weight excluding hydrogens is 386 g/mol. The summed E-state index contributed by atoms with van der Waals surface area (Å²) >= 11 is 0. The number of benzene rings is 2. The van der Waals surface area contributed by atoms with Crippen molar-refractivity contribution >= 4 is 27.7 Å². The summed E-state index contributed by atoms with van der Waals surface area (Å²) in [4.78, 5) is 19.4. The fourth-order valence-corrected chi connectivity index (χ4v) is 3.43. The van der Waals surface area contributed by atoms with Gasteiger partial charge in [-0.05, 0) is 43.2 Å². The van der Waals surface area contributed by atoms with E-state index < -0.39 is 29.2 Å². The predicted octanol–water partition coefficient (Wildman–Crippen LogP) is 4.83. The minimum absolute atomic E-state index is 0.0702. The maximum Gasteiger partial charge on any atom is 0.255 e. The molecule has 0 radical (unpaired) electrons. The highest BCUT2D eigenvalue weighted by Crippen LogP contribution is 2.33. The first-order valence-corrected chi connectivity index (χ1v) is 8.99. The Balaban J connectivity index is 1.65. The van der Waals surface area contributed by atoms with Crippen molar-refractivity contribution in [2.75, 3.05) is 0 Å². The van der Waals surface area contributed by atoms with Gasteiger partial charge in [0.2, 0.25) is 0 Å². The molecule has 5 rings (SSSR count). The third kappa shape index (κ3) is 2.83. The summed E-state index contributed by atoms with van der Waals surface area (Å²) in [6.45, 7) is 0. The number of aromatic amines is 1. The number of rotatable bonds is 3. The Morgan fingerprint density at radius 1 is 1.00 bits per heavy atom. The van der Waals surface area contributed by atoms with Crippen LogP contribution in [-0.4, -0.2) is 21.9 Å². The molecule has 0 spiro atoms. The molecule has 29 heavy (non-hydrogen) atoms. The van der Waals surface area contributed by atoms with Crippen molar-refractivity contribution in [2.45, 2.75) is 18.9 Å². The Kier molecular flexibility index (Phi) is 3.84. The zero-order chi connectivity index (χ0) is 20.3. The van der Waals surface area contributed by atoms with Gasteiger partial charge >= 0.3 is 0 Å². The first-order valence-electron chi connectivity index (χ1n) is 8.99. The SMILES string of the molecule is O=C(NC1CC1)c1c(F)ccc2nc(-c3c[nH]c4c(F)c(F)c(F)cc34)ccc12. The highest BCUT2D eigenvalue weighted by molar-refractivity contribution is 6.07. The maximum absolute atomic E-state index is 14.3. The smallest absolute Gasteiger partial charge is 0.255 e. The summed E-state index contributed by atoms with van der Waals surface area (Å²) in [6, 6.07) is 6.61. The zero-order valence-corrected chi connectivity index (χ0v) is 14.8. The van der Waals surface area contributed by atoms with Crippen molar-refractivity contribution in [1.82, 2.24) is 15.3 Å². The molecule has 2 heterocycles. The van der Waals surface area contributed by atoms with Crippen LogP contribution in [0.15, 0.2) is 36.5 Å². The van der Waals surface area contributed by atoms with Crippen LogP contribution in [-0.2, 0) is 0 Å². The van der Waals surface area contributed by atoms with Gasteiger partial charge in [0.25, 0.3) is 5.91 Å². The first kappa shape index (κ1) is 17.7. The number of nitrogens with one attached hydrogen (secondary N) is 2. The van der Waals surface area contributed by atoms with E-state index in [1.807, 2.05) is 0 Å². The zero-order valence-electron chi connectivity index (χ0n) is 14.8. The molecule has 8 heteroatoms. The first-order chi connectivity index (χ1) is 13.9. The van der Waals surface area contributed by atoms with Gasteiger partial charge in [-0.25, -0.2) is 22.5 Å². The van der Waals surface area contributed by atoms with Crippen LogP contribution in [0.5, 0.6) is 0 Å². The number of hydrogen-bond acceptors (Lipinski definition) is 2. The van der Waals surface area contributed by atoms with Gasteiger partial charge in [-0.3, -0.25) is 4.79 Å². The molecule has 2 aromatic heterocycles. The van der Waals surface area contributed by atoms with Crippen LogP contribution in [0.1, 0.15) is 23.2 Å². The Hall–Kier alpha value is -3.42. The Morgan fingerprint density at radius 2 is 1.79 bits per heavy atom. The third-order valence-electron chi connectivity index (χ3n) is 5.05. The van der Waals surface area contributed by atoms with E-state index in [1.54, 1.807) is 0 Å². The molecule has 0 bridgehead atoms. The second-order valence-electron chi connectivity index (χ2n) is 7.04. The number of hydrogen-bond donors (Lipinski definition) is 2. The molecule has 0 unspecified atom stereocenters. The quantitative estimate of drug-likeness (QED) is 0.383. The number of carbonyl (C=O) groups excluding carboxylic acids is 1. The van der Waals surface area contributed by atoms with Crippen LogP contribution in [0.4, 0.5) is 17.6 Å². The summed E-state index contributed by atoms with van der Waals surface area (Å²) in [6.07, 6.45) is 3.13. The molecule has 1 amide bonds. The molecule has 4 aromatic rings.